The normalized spacial score (nSPS) is 14.4. The SMILES string of the molecule is CCCCCC/C=C\C=C/CCCCCCCC(=O)O[C@H](COC(=O)CCCCCCCCCCCCCCCCCCC(C)C)COP(=O)(O)OC[C@@H](O)COP(=O)(O)OC[C@@H](COC(=O)CCCCCCCCC(C)CC)OC(=O)CCCCCCCCCCCCCC(C)C. The standard InChI is InChI=1S/C79H150O17P2/c1-8-10-11-12-13-14-15-16-19-24-29-34-39-48-55-62-78(83)95-74(66-89-76(81)60-53-46-38-33-28-23-21-18-17-20-22-26-31-36-43-50-57-70(3)4)68-93-97(85,86)91-64-73(80)65-92-98(87,88)94-69-75(67-90-77(82)61-54-47-42-41-45-52-59-72(7)9-2)96-79(84)63-56-49-40-35-30-25-27-32-37-44-51-58-71(5)6/h14-16,19,70-75,80H,8-13,17-18,20-69H2,1-7H3,(H,85,86)(H,87,88)/b15-14-,19-16-/t72?,73-,74-,75-/m1/s1. The Labute approximate surface area is 599 Å². The van der Waals surface area contributed by atoms with Crippen molar-refractivity contribution < 1.29 is 80.2 Å². The molecule has 0 radical (unpaired) electrons. The zero-order valence-electron chi connectivity index (χ0n) is 63.7. The van der Waals surface area contributed by atoms with Gasteiger partial charge in [0, 0.05) is 25.7 Å². The Morgan fingerprint density at radius 3 is 0.908 bits per heavy atom. The average molecular weight is 1430 g/mol. The van der Waals surface area contributed by atoms with Crippen molar-refractivity contribution in [1.82, 2.24) is 0 Å². The number of carbonyl (C=O) groups excluding carboxylic acids is 4. The monoisotopic (exact) mass is 1430 g/mol. The number of phosphoric acid groups is 2. The van der Waals surface area contributed by atoms with Crippen LogP contribution in [0.1, 0.15) is 382 Å². The number of phosphoric ester groups is 2. The fourth-order valence-electron chi connectivity index (χ4n) is 11.6. The van der Waals surface area contributed by atoms with E-state index in [4.69, 9.17) is 37.0 Å². The molecule has 0 saturated heterocycles. The summed E-state index contributed by atoms with van der Waals surface area (Å²) in [6, 6.07) is 0. The third-order valence-electron chi connectivity index (χ3n) is 18.1. The van der Waals surface area contributed by atoms with Gasteiger partial charge in [-0.1, -0.05) is 330 Å². The van der Waals surface area contributed by atoms with E-state index in [1.54, 1.807) is 0 Å². The minimum Gasteiger partial charge on any atom is -0.462 e. The summed E-state index contributed by atoms with van der Waals surface area (Å²) in [6.45, 7) is 11.8. The van der Waals surface area contributed by atoms with Crippen LogP contribution in [0.3, 0.4) is 0 Å². The number of ether oxygens (including phenoxy) is 4. The Balaban J connectivity index is 5.27. The molecule has 0 aliphatic rings. The smallest absolute Gasteiger partial charge is 0.462 e. The van der Waals surface area contributed by atoms with E-state index in [-0.39, 0.29) is 25.7 Å². The molecule has 0 aromatic heterocycles. The molecule has 3 unspecified atom stereocenters. The number of hydrogen-bond donors (Lipinski definition) is 3. The number of unbranched alkanes of at least 4 members (excludes halogenated alkanes) is 39. The van der Waals surface area contributed by atoms with Crippen molar-refractivity contribution in [2.75, 3.05) is 39.6 Å². The lowest BCUT2D eigenvalue weighted by molar-refractivity contribution is -0.161. The van der Waals surface area contributed by atoms with Crippen molar-refractivity contribution in [2.45, 2.75) is 401 Å². The summed E-state index contributed by atoms with van der Waals surface area (Å²) >= 11 is 0. The van der Waals surface area contributed by atoms with Crippen molar-refractivity contribution in [3.05, 3.63) is 24.3 Å². The molecule has 0 saturated carbocycles. The van der Waals surface area contributed by atoms with Gasteiger partial charge in [0.25, 0.3) is 0 Å². The number of hydrogen-bond acceptors (Lipinski definition) is 15. The van der Waals surface area contributed by atoms with Crippen LogP contribution in [-0.4, -0.2) is 96.7 Å². The maximum Gasteiger partial charge on any atom is 0.472 e. The van der Waals surface area contributed by atoms with Crippen LogP contribution in [0.4, 0.5) is 0 Å². The zero-order chi connectivity index (χ0) is 72.3. The number of allylic oxidation sites excluding steroid dienone is 4. The predicted octanol–water partition coefficient (Wildman–Crippen LogP) is 22.9. The second-order valence-corrected chi connectivity index (χ2v) is 31.9. The highest BCUT2D eigenvalue weighted by Crippen LogP contribution is 2.45. The quantitative estimate of drug-likeness (QED) is 0.0169. The van der Waals surface area contributed by atoms with Crippen molar-refractivity contribution in [1.29, 1.82) is 0 Å². The Bertz CT molecular complexity index is 2000. The predicted molar refractivity (Wildman–Crippen MR) is 400 cm³/mol. The first-order chi connectivity index (χ1) is 47.3. The van der Waals surface area contributed by atoms with Gasteiger partial charge in [0.1, 0.15) is 19.3 Å². The van der Waals surface area contributed by atoms with Crippen molar-refractivity contribution in [3.8, 4) is 0 Å². The molecule has 19 heteroatoms. The van der Waals surface area contributed by atoms with Crippen LogP contribution < -0.4 is 0 Å². The van der Waals surface area contributed by atoms with E-state index in [1.807, 2.05) is 0 Å². The van der Waals surface area contributed by atoms with E-state index in [1.165, 1.54) is 173 Å². The van der Waals surface area contributed by atoms with E-state index in [0.717, 1.165) is 127 Å². The van der Waals surface area contributed by atoms with Gasteiger partial charge >= 0.3 is 39.5 Å². The van der Waals surface area contributed by atoms with Crippen molar-refractivity contribution in [3.63, 3.8) is 0 Å². The van der Waals surface area contributed by atoms with E-state index >= 15 is 0 Å². The number of esters is 4. The molecule has 0 aromatic rings. The molecule has 0 amide bonds. The van der Waals surface area contributed by atoms with E-state index < -0.39 is 97.5 Å². The first-order valence-electron chi connectivity index (χ1n) is 40.2. The molecule has 17 nitrogen and oxygen atoms in total. The third-order valence-corrected chi connectivity index (χ3v) is 20.0. The van der Waals surface area contributed by atoms with Crippen LogP contribution in [-0.2, 0) is 65.4 Å². The Kier molecular flexibility index (Phi) is 67.2. The fourth-order valence-corrected chi connectivity index (χ4v) is 13.1. The van der Waals surface area contributed by atoms with Gasteiger partial charge in [-0.15, -0.1) is 0 Å². The molecule has 98 heavy (non-hydrogen) atoms. The largest absolute Gasteiger partial charge is 0.472 e. The minimum absolute atomic E-state index is 0.0850. The summed E-state index contributed by atoms with van der Waals surface area (Å²) in [7, 11) is -9.93. The average Bonchev–Trinajstić information content (AvgIpc) is 1.37. The molecule has 6 atom stereocenters. The van der Waals surface area contributed by atoms with Crippen molar-refractivity contribution in [2.24, 2.45) is 17.8 Å². The van der Waals surface area contributed by atoms with Gasteiger partial charge in [-0.2, -0.15) is 0 Å². The molecule has 3 N–H and O–H groups in total. The summed E-state index contributed by atoms with van der Waals surface area (Å²) < 4.78 is 68.6. The molecule has 0 spiro atoms. The van der Waals surface area contributed by atoms with Crippen molar-refractivity contribution >= 4 is 39.5 Å². The molecular weight excluding hydrogens is 1280 g/mol. The number of carbonyl (C=O) groups is 4. The van der Waals surface area contributed by atoms with E-state index in [0.29, 0.717) is 25.7 Å². The highest BCUT2D eigenvalue weighted by atomic mass is 31.2. The summed E-state index contributed by atoms with van der Waals surface area (Å²) in [5.41, 5.74) is 0. The molecule has 0 aliphatic heterocycles. The molecule has 578 valence electrons. The lowest BCUT2D eigenvalue weighted by Gasteiger charge is -2.21. The molecular formula is C79H150O17P2. The van der Waals surface area contributed by atoms with Crippen LogP contribution in [0.2, 0.25) is 0 Å². The second kappa shape index (κ2) is 68.9. The van der Waals surface area contributed by atoms with Gasteiger partial charge in [-0.05, 0) is 69.1 Å². The third kappa shape index (κ3) is 70.6. The topological polar surface area (TPSA) is 237 Å². The van der Waals surface area contributed by atoms with Gasteiger partial charge in [0.15, 0.2) is 12.2 Å². The highest BCUT2D eigenvalue weighted by Gasteiger charge is 2.30. The lowest BCUT2D eigenvalue weighted by Crippen LogP contribution is -2.30. The van der Waals surface area contributed by atoms with Crippen LogP contribution in [0, 0.1) is 17.8 Å². The summed E-state index contributed by atoms with van der Waals surface area (Å²) in [5, 5.41) is 10.6. The van der Waals surface area contributed by atoms with Gasteiger partial charge in [-0.25, -0.2) is 9.13 Å². The van der Waals surface area contributed by atoms with Crippen LogP contribution in [0.15, 0.2) is 24.3 Å². The van der Waals surface area contributed by atoms with Crippen LogP contribution >= 0.6 is 15.6 Å². The number of rotatable bonds is 75. The zero-order valence-corrected chi connectivity index (χ0v) is 65.5. The molecule has 0 aromatic carbocycles. The first kappa shape index (κ1) is 95.5. The maximum atomic E-state index is 13.1. The van der Waals surface area contributed by atoms with E-state index in [9.17, 15) is 43.2 Å². The Morgan fingerprint density at radius 1 is 0.337 bits per heavy atom. The van der Waals surface area contributed by atoms with E-state index in [2.05, 4.69) is 72.8 Å². The summed E-state index contributed by atoms with van der Waals surface area (Å²) in [6.07, 6.45) is 59.1. The number of aliphatic hydroxyl groups excluding tert-OH is 1. The fraction of sp³-hybridized carbons (Fsp3) is 0.899. The molecule has 0 bridgehead atoms. The van der Waals surface area contributed by atoms with Gasteiger partial charge < -0.3 is 33.8 Å². The molecule has 0 aliphatic carbocycles. The molecule has 0 fully saturated rings. The summed E-state index contributed by atoms with van der Waals surface area (Å²) in [5.74, 6) is 0.158. The highest BCUT2D eigenvalue weighted by molar-refractivity contribution is 7.47. The van der Waals surface area contributed by atoms with Gasteiger partial charge in [-0.3, -0.25) is 37.3 Å². The maximum absolute atomic E-state index is 13.1. The second-order valence-electron chi connectivity index (χ2n) is 29.0. The van der Waals surface area contributed by atoms with Gasteiger partial charge in [0.05, 0.1) is 26.4 Å². The minimum atomic E-state index is -4.97. The lowest BCUT2D eigenvalue weighted by atomic mass is 10.00. The Morgan fingerprint density at radius 2 is 0.602 bits per heavy atom. The first-order valence-corrected chi connectivity index (χ1v) is 43.2. The van der Waals surface area contributed by atoms with Gasteiger partial charge in [0.2, 0.25) is 0 Å². The Hall–Kier alpha value is -2.46. The summed E-state index contributed by atoms with van der Waals surface area (Å²) in [4.78, 5) is 72.9. The molecule has 0 heterocycles. The number of aliphatic hydroxyl groups is 1. The molecule has 0 rings (SSSR count). The van der Waals surface area contributed by atoms with Crippen LogP contribution in [0.5, 0.6) is 0 Å². The van der Waals surface area contributed by atoms with Crippen LogP contribution in [0.25, 0.3) is 0 Å².